The van der Waals surface area contributed by atoms with Crippen molar-refractivity contribution in [1.82, 2.24) is 0 Å². The molecule has 0 aliphatic rings. The Morgan fingerprint density at radius 2 is 1.71 bits per heavy atom. The number of nitrogens with two attached hydrogens (primary N) is 1. The molecule has 0 aromatic heterocycles. The second kappa shape index (κ2) is 4.89. The van der Waals surface area contributed by atoms with Crippen molar-refractivity contribution in [2.24, 2.45) is 5.73 Å². The molecular formula is C14H15NO2. The topological polar surface area (TPSA) is 66.5 Å². The minimum atomic E-state index is -0.280. The lowest BCUT2D eigenvalue weighted by molar-refractivity contribution is 0.441. The first-order valence-electron chi connectivity index (χ1n) is 5.48. The van der Waals surface area contributed by atoms with Crippen LogP contribution in [0.25, 0.3) is 0 Å². The monoisotopic (exact) mass is 229 g/mol. The molecule has 0 unspecified atom stereocenters. The summed E-state index contributed by atoms with van der Waals surface area (Å²) >= 11 is 0. The number of hydrogen-bond donors (Lipinski definition) is 3. The summed E-state index contributed by atoms with van der Waals surface area (Å²) in [5.74, 6) is 0.0755. The molecule has 0 saturated carbocycles. The van der Waals surface area contributed by atoms with Crippen molar-refractivity contribution in [3.05, 3.63) is 59.7 Å². The smallest absolute Gasteiger partial charge is 0.124 e. The maximum Gasteiger partial charge on any atom is 0.124 e. The first-order chi connectivity index (χ1) is 8.16. The van der Waals surface area contributed by atoms with Crippen molar-refractivity contribution in [2.45, 2.75) is 12.5 Å². The fourth-order valence-corrected chi connectivity index (χ4v) is 1.82. The third-order valence-corrected chi connectivity index (χ3v) is 2.71. The predicted molar refractivity (Wildman–Crippen MR) is 66.8 cm³/mol. The summed E-state index contributed by atoms with van der Waals surface area (Å²) in [6.45, 7) is 0. The van der Waals surface area contributed by atoms with Gasteiger partial charge in [-0.2, -0.15) is 0 Å². The molecule has 4 N–H and O–H groups in total. The number of phenolic OH excluding ortho intramolecular Hbond substituents is 2. The third kappa shape index (κ3) is 2.77. The minimum absolute atomic E-state index is 0.0356. The number of phenols is 2. The number of aromatic hydroxyl groups is 2. The molecule has 2 aromatic carbocycles. The van der Waals surface area contributed by atoms with Crippen LogP contribution in [0.4, 0.5) is 0 Å². The van der Waals surface area contributed by atoms with Crippen molar-refractivity contribution in [2.75, 3.05) is 0 Å². The van der Waals surface area contributed by atoms with E-state index >= 15 is 0 Å². The molecule has 0 spiro atoms. The Bertz CT molecular complexity index is 497. The van der Waals surface area contributed by atoms with Crippen LogP contribution in [-0.2, 0) is 6.42 Å². The highest BCUT2D eigenvalue weighted by Crippen LogP contribution is 2.28. The van der Waals surface area contributed by atoms with Crippen molar-refractivity contribution >= 4 is 0 Å². The molecule has 0 radical (unpaired) electrons. The van der Waals surface area contributed by atoms with Gasteiger partial charge in [0.05, 0.1) is 0 Å². The molecule has 0 saturated heterocycles. The van der Waals surface area contributed by atoms with Crippen LogP contribution in [0, 0.1) is 0 Å². The Morgan fingerprint density at radius 1 is 1.00 bits per heavy atom. The summed E-state index contributed by atoms with van der Waals surface area (Å²) < 4.78 is 0. The molecule has 17 heavy (non-hydrogen) atoms. The van der Waals surface area contributed by atoms with E-state index in [1.54, 1.807) is 6.07 Å². The quantitative estimate of drug-likeness (QED) is 0.756. The van der Waals surface area contributed by atoms with E-state index in [0.717, 1.165) is 5.56 Å². The van der Waals surface area contributed by atoms with Crippen LogP contribution >= 0.6 is 0 Å². The Balaban J connectivity index is 2.17. The van der Waals surface area contributed by atoms with Crippen LogP contribution in [0.1, 0.15) is 17.2 Å². The van der Waals surface area contributed by atoms with Gasteiger partial charge in [0.25, 0.3) is 0 Å². The summed E-state index contributed by atoms with van der Waals surface area (Å²) in [7, 11) is 0. The molecule has 3 heteroatoms. The highest BCUT2D eigenvalue weighted by Gasteiger charge is 2.11. The molecule has 0 amide bonds. The SMILES string of the molecule is N[C@@H](Cc1ccccc1)c1ccc(O)cc1O. The predicted octanol–water partition coefficient (Wildman–Crippen LogP) is 2.34. The van der Waals surface area contributed by atoms with Gasteiger partial charge in [0.1, 0.15) is 11.5 Å². The van der Waals surface area contributed by atoms with Gasteiger partial charge < -0.3 is 15.9 Å². The molecule has 0 fully saturated rings. The van der Waals surface area contributed by atoms with Crippen LogP contribution in [0.3, 0.4) is 0 Å². The zero-order valence-electron chi connectivity index (χ0n) is 9.38. The van der Waals surface area contributed by atoms with Crippen LogP contribution in [-0.4, -0.2) is 10.2 Å². The highest BCUT2D eigenvalue weighted by molar-refractivity contribution is 5.41. The van der Waals surface area contributed by atoms with E-state index in [9.17, 15) is 10.2 Å². The minimum Gasteiger partial charge on any atom is -0.508 e. The van der Waals surface area contributed by atoms with Crippen LogP contribution in [0.15, 0.2) is 48.5 Å². The molecule has 0 aliphatic heterocycles. The fourth-order valence-electron chi connectivity index (χ4n) is 1.82. The summed E-state index contributed by atoms with van der Waals surface area (Å²) in [4.78, 5) is 0. The van der Waals surface area contributed by atoms with Crippen molar-refractivity contribution in [3.63, 3.8) is 0 Å². The van der Waals surface area contributed by atoms with Crippen LogP contribution in [0.2, 0.25) is 0 Å². The van der Waals surface area contributed by atoms with Gasteiger partial charge in [-0.15, -0.1) is 0 Å². The zero-order chi connectivity index (χ0) is 12.3. The van der Waals surface area contributed by atoms with Gasteiger partial charge in [-0.25, -0.2) is 0 Å². The van der Waals surface area contributed by atoms with Gasteiger partial charge in [0.15, 0.2) is 0 Å². The normalized spacial score (nSPS) is 12.3. The van der Waals surface area contributed by atoms with Crippen LogP contribution < -0.4 is 5.73 Å². The van der Waals surface area contributed by atoms with E-state index in [-0.39, 0.29) is 17.5 Å². The Labute approximate surface area is 100 Å². The van der Waals surface area contributed by atoms with Gasteiger partial charge in [-0.1, -0.05) is 36.4 Å². The second-order valence-corrected chi connectivity index (χ2v) is 4.04. The molecule has 0 bridgehead atoms. The zero-order valence-corrected chi connectivity index (χ0v) is 9.38. The number of benzene rings is 2. The lowest BCUT2D eigenvalue weighted by Crippen LogP contribution is -2.13. The van der Waals surface area contributed by atoms with Crippen molar-refractivity contribution in [1.29, 1.82) is 0 Å². The Hall–Kier alpha value is -2.00. The second-order valence-electron chi connectivity index (χ2n) is 4.04. The fraction of sp³-hybridized carbons (Fsp3) is 0.143. The molecule has 0 heterocycles. The largest absolute Gasteiger partial charge is 0.508 e. The Kier molecular flexibility index (Phi) is 3.30. The van der Waals surface area contributed by atoms with E-state index in [2.05, 4.69) is 0 Å². The molecular weight excluding hydrogens is 214 g/mol. The van der Waals surface area contributed by atoms with E-state index in [4.69, 9.17) is 5.73 Å². The molecule has 3 nitrogen and oxygen atoms in total. The van der Waals surface area contributed by atoms with Crippen molar-refractivity contribution in [3.8, 4) is 11.5 Å². The van der Waals surface area contributed by atoms with Gasteiger partial charge in [-0.3, -0.25) is 0 Å². The lowest BCUT2D eigenvalue weighted by Gasteiger charge is -2.13. The van der Waals surface area contributed by atoms with Gasteiger partial charge >= 0.3 is 0 Å². The maximum absolute atomic E-state index is 9.70. The first kappa shape index (κ1) is 11.5. The van der Waals surface area contributed by atoms with Crippen LogP contribution in [0.5, 0.6) is 11.5 Å². The summed E-state index contributed by atoms with van der Waals surface area (Å²) in [6.07, 6.45) is 0.652. The number of hydrogen-bond acceptors (Lipinski definition) is 3. The Morgan fingerprint density at radius 3 is 2.35 bits per heavy atom. The average molecular weight is 229 g/mol. The van der Waals surface area contributed by atoms with Gasteiger partial charge in [0, 0.05) is 17.7 Å². The van der Waals surface area contributed by atoms with Gasteiger partial charge in [0.2, 0.25) is 0 Å². The average Bonchev–Trinajstić information content (AvgIpc) is 2.30. The molecule has 1 atom stereocenters. The highest BCUT2D eigenvalue weighted by atomic mass is 16.3. The van der Waals surface area contributed by atoms with Gasteiger partial charge in [-0.05, 0) is 18.1 Å². The molecule has 2 aromatic rings. The first-order valence-corrected chi connectivity index (χ1v) is 5.48. The maximum atomic E-state index is 9.70. The molecule has 0 aliphatic carbocycles. The standard InChI is InChI=1S/C14H15NO2/c15-13(8-10-4-2-1-3-5-10)12-7-6-11(16)9-14(12)17/h1-7,9,13,16-17H,8,15H2/t13-/m0/s1. The summed E-state index contributed by atoms with van der Waals surface area (Å²) in [5, 5.41) is 18.9. The van der Waals surface area contributed by atoms with Crippen molar-refractivity contribution < 1.29 is 10.2 Å². The third-order valence-electron chi connectivity index (χ3n) is 2.71. The summed E-state index contributed by atoms with van der Waals surface area (Å²) in [6, 6.07) is 14.1. The molecule has 2 rings (SSSR count). The van der Waals surface area contributed by atoms with E-state index in [1.807, 2.05) is 30.3 Å². The van der Waals surface area contributed by atoms with E-state index in [0.29, 0.717) is 12.0 Å². The lowest BCUT2D eigenvalue weighted by atomic mass is 9.99. The summed E-state index contributed by atoms with van der Waals surface area (Å²) in [5.41, 5.74) is 7.80. The number of rotatable bonds is 3. The molecule has 88 valence electrons. The van der Waals surface area contributed by atoms with E-state index < -0.39 is 0 Å². The van der Waals surface area contributed by atoms with E-state index in [1.165, 1.54) is 12.1 Å².